The number of ether oxygens (including phenoxy) is 1. The number of fused-ring (bicyclic) bond motifs is 2. The highest BCUT2D eigenvalue weighted by atomic mass is 35.5. The standard InChI is InChI=1S/C22H24ClN7O2/c1-14(27-21(31)17-11-26-30-7-3-6-25-20(17)30)16-10-18(23)19-12-24-13-29(19)22(16)28-8-4-15(32-2)5-9-28/h3,6-7,10-15H,4-5,8-9H2,1-2H3,(H,27,31). The van der Waals surface area contributed by atoms with E-state index in [2.05, 4.69) is 25.3 Å². The maximum Gasteiger partial charge on any atom is 0.257 e. The second-order valence-corrected chi connectivity index (χ2v) is 8.39. The van der Waals surface area contributed by atoms with E-state index in [9.17, 15) is 4.79 Å². The Kier molecular flexibility index (Phi) is 5.44. The van der Waals surface area contributed by atoms with Gasteiger partial charge in [-0.05, 0) is 31.9 Å². The number of carbonyl (C=O) groups is 1. The monoisotopic (exact) mass is 453 g/mol. The molecule has 166 valence electrons. The maximum absolute atomic E-state index is 13.1. The minimum absolute atomic E-state index is 0.239. The summed E-state index contributed by atoms with van der Waals surface area (Å²) in [6.07, 6.45) is 10.6. The number of amides is 1. The normalized spacial score (nSPS) is 16.0. The molecule has 1 atom stereocenters. The third-order valence-electron chi connectivity index (χ3n) is 6.06. The first-order valence-corrected chi connectivity index (χ1v) is 11.0. The number of anilines is 1. The molecule has 5 rings (SSSR count). The van der Waals surface area contributed by atoms with E-state index >= 15 is 0 Å². The highest BCUT2D eigenvalue weighted by molar-refractivity contribution is 6.34. The minimum Gasteiger partial charge on any atom is -0.381 e. The Hall–Kier alpha value is -3.17. The first-order valence-electron chi connectivity index (χ1n) is 10.6. The number of hydrogen-bond donors (Lipinski definition) is 1. The number of nitrogens with one attached hydrogen (secondary N) is 1. The number of piperidine rings is 1. The number of carbonyl (C=O) groups excluding carboxylic acids is 1. The molecule has 1 N–H and O–H groups in total. The van der Waals surface area contributed by atoms with Gasteiger partial charge in [-0.25, -0.2) is 14.5 Å². The summed E-state index contributed by atoms with van der Waals surface area (Å²) in [4.78, 5) is 24.0. The molecule has 0 aromatic carbocycles. The predicted molar refractivity (Wildman–Crippen MR) is 121 cm³/mol. The van der Waals surface area contributed by atoms with Crippen LogP contribution in [0.1, 0.15) is 41.7 Å². The zero-order chi connectivity index (χ0) is 22.2. The lowest BCUT2D eigenvalue weighted by atomic mass is 10.0. The topological polar surface area (TPSA) is 89.1 Å². The fourth-order valence-electron chi connectivity index (χ4n) is 4.35. The average molecular weight is 454 g/mol. The smallest absolute Gasteiger partial charge is 0.257 e. The quantitative estimate of drug-likeness (QED) is 0.499. The Morgan fingerprint density at radius 3 is 2.91 bits per heavy atom. The lowest BCUT2D eigenvalue weighted by Crippen LogP contribution is -2.39. The fraction of sp³-hybridized carbons (Fsp3) is 0.364. The van der Waals surface area contributed by atoms with Crippen LogP contribution in [0.5, 0.6) is 0 Å². The van der Waals surface area contributed by atoms with E-state index in [1.807, 2.05) is 17.4 Å². The van der Waals surface area contributed by atoms with Crippen LogP contribution in [-0.2, 0) is 4.74 Å². The van der Waals surface area contributed by atoms with Crippen LogP contribution in [0.4, 0.5) is 5.82 Å². The molecule has 4 aromatic heterocycles. The Bertz CT molecular complexity index is 1280. The molecule has 1 amide bonds. The van der Waals surface area contributed by atoms with Gasteiger partial charge in [0.1, 0.15) is 17.7 Å². The molecule has 0 spiro atoms. The van der Waals surface area contributed by atoms with Crippen molar-refractivity contribution >= 4 is 34.5 Å². The lowest BCUT2D eigenvalue weighted by molar-refractivity contribution is 0.0817. The second-order valence-electron chi connectivity index (χ2n) is 7.98. The summed E-state index contributed by atoms with van der Waals surface area (Å²) in [6.45, 7) is 3.65. The van der Waals surface area contributed by atoms with Gasteiger partial charge in [0, 0.05) is 38.2 Å². The molecule has 1 saturated heterocycles. The average Bonchev–Trinajstić information content (AvgIpc) is 3.47. The second kappa shape index (κ2) is 8.40. The van der Waals surface area contributed by atoms with Crippen LogP contribution in [-0.4, -0.2) is 56.2 Å². The van der Waals surface area contributed by atoms with Crippen LogP contribution < -0.4 is 10.2 Å². The van der Waals surface area contributed by atoms with E-state index < -0.39 is 0 Å². The van der Waals surface area contributed by atoms with Crippen molar-refractivity contribution in [2.75, 3.05) is 25.1 Å². The molecule has 4 aromatic rings. The van der Waals surface area contributed by atoms with Crippen molar-refractivity contribution in [3.05, 3.63) is 59.4 Å². The number of nitrogens with zero attached hydrogens (tertiary/aromatic N) is 6. The SMILES string of the molecule is COC1CCN(c2c(C(C)NC(=O)c3cnn4cccnc34)cc(Cl)c3cncn23)CC1. The number of hydrogen-bond acceptors (Lipinski definition) is 6. The van der Waals surface area contributed by atoms with E-state index in [0.717, 1.165) is 42.8 Å². The number of aromatic nitrogens is 5. The summed E-state index contributed by atoms with van der Waals surface area (Å²) >= 11 is 6.58. The van der Waals surface area contributed by atoms with E-state index in [4.69, 9.17) is 16.3 Å². The van der Waals surface area contributed by atoms with Crippen molar-refractivity contribution in [2.24, 2.45) is 0 Å². The zero-order valence-corrected chi connectivity index (χ0v) is 18.7. The molecule has 0 aliphatic carbocycles. The van der Waals surface area contributed by atoms with Gasteiger partial charge in [-0.15, -0.1) is 0 Å². The Morgan fingerprint density at radius 1 is 1.31 bits per heavy atom. The Labute approximate surface area is 190 Å². The number of imidazole rings is 1. The van der Waals surface area contributed by atoms with E-state index in [0.29, 0.717) is 16.2 Å². The molecule has 10 heteroatoms. The van der Waals surface area contributed by atoms with Crippen LogP contribution in [0, 0.1) is 0 Å². The highest BCUT2D eigenvalue weighted by Crippen LogP contribution is 2.34. The first-order chi connectivity index (χ1) is 15.6. The Balaban J connectivity index is 1.49. The summed E-state index contributed by atoms with van der Waals surface area (Å²) in [5, 5.41) is 7.90. The molecule has 1 unspecified atom stereocenters. The molecule has 5 heterocycles. The summed E-state index contributed by atoms with van der Waals surface area (Å²) in [5.41, 5.74) is 2.70. The predicted octanol–water partition coefficient (Wildman–Crippen LogP) is 3.14. The van der Waals surface area contributed by atoms with Crippen molar-refractivity contribution in [1.29, 1.82) is 0 Å². The lowest BCUT2D eigenvalue weighted by Gasteiger charge is -2.35. The van der Waals surface area contributed by atoms with Crippen LogP contribution in [0.2, 0.25) is 5.02 Å². The molecule has 1 aliphatic rings. The fourth-order valence-corrected chi connectivity index (χ4v) is 4.61. The summed E-state index contributed by atoms with van der Waals surface area (Å²) in [5.74, 6) is 0.749. The van der Waals surface area contributed by atoms with Gasteiger partial charge in [-0.2, -0.15) is 5.10 Å². The van der Waals surface area contributed by atoms with Crippen molar-refractivity contribution in [1.82, 2.24) is 29.3 Å². The van der Waals surface area contributed by atoms with Crippen LogP contribution in [0.3, 0.4) is 0 Å². The molecule has 0 bridgehead atoms. The van der Waals surface area contributed by atoms with Gasteiger partial charge < -0.3 is 15.0 Å². The third kappa shape index (κ3) is 3.57. The van der Waals surface area contributed by atoms with Crippen LogP contribution in [0.25, 0.3) is 11.2 Å². The molecular formula is C22H24ClN7O2. The van der Waals surface area contributed by atoms with Gasteiger partial charge in [0.15, 0.2) is 5.65 Å². The van der Waals surface area contributed by atoms with Crippen molar-refractivity contribution < 1.29 is 9.53 Å². The van der Waals surface area contributed by atoms with Gasteiger partial charge >= 0.3 is 0 Å². The van der Waals surface area contributed by atoms with Gasteiger partial charge in [0.25, 0.3) is 5.91 Å². The third-order valence-corrected chi connectivity index (χ3v) is 6.37. The largest absolute Gasteiger partial charge is 0.381 e. The number of halogens is 1. The number of rotatable bonds is 5. The molecule has 32 heavy (non-hydrogen) atoms. The molecule has 0 radical (unpaired) electrons. The molecule has 0 saturated carbocycles. The van der Waals surface area contributed by atoms with Gasteiger partial charge in [0.05, 0.1) is 35.1 Å². The Morgan fingerprint density at radius 2 is 2.12 bits per heavy atom. The highest BCUT2D eigenvalue weighted by Gasteiger charge is 2.27. The van der Waals surface area contributed by atoms with Crippen molar-refractivity contribution in [2.45, 2.75) is 31.9 Å². The zero-order valence-electron chi connectivity index (χ0n) is 17.9. The summed E-state index contributed by atoms with van der Waals surface area (Å²) in [7, 11) is 1.76. The maximum atomic E-state index is 13.1. The molecule has 9 nitrogen and oxygen atoms in total. The number of pyridine rings is 1. The molecular weight excluding hydrogens is 430 g/mol. The molecule has 1 fully saturated rings. The first kappa shape index (κ1) is 20.7. The van der Waals surface area contributed by atoms with Crippen molar-refractivity contribution in [3.63, 3.8) is 0 Å². The molecule has 1 aliphatic heterocycles. The number of methoxy groups -OCH3 is 1. The summed E-state index contributed by atoms with van der Waals surface area (Å²) < 4.78 is 9.12. The minimum atomic E-state index is -0.305. The van der Waals surface area contributed by atoms with Gasteiger partial charge in [0.2, 0.25) is 0 Å². The van der Waals surface area contributed by atoms with Gasteiger partial charge in [-0.1, -0.05) is 11.6 Å². The van der Waals surface area contributed by atoms with Gasteiger partial charge in [-0.3, -0.25) is 9.20 Å². The van der Waals surface area contributed by atoms with E-state index in [-0.39, 0.29) is 18.1 Å². The summed E-state index contributed by atoms with van der Waals surface area (Å²) in [6, 6.07) is 3.39. The van der Waals surface area contributed by atoms with Crippen LogP contribution in [0.15, 0.2) is 43.2 Å². The van der Waals surface area contributed by atoms with Crippen LogP contribution >= 0.6 is 11.6 Å². The van der Waals surface area contributed by atoms with E-state index in [1.54, 1.807) is 42.6 Å². The van der Waals surface area contributed by atoms with Crippen molar-refractivity contribution in [3.8, 4) is 0 Å². The van der Waals surface area contributed by atoms with E-state index in [1.165, 1.54) is 6.20 Å².